The molecule has 3 nitrogen and oxygen atoms in total. The maximum absolute atomic E-state index is 10.3. The van der Waals surface area contributed by atoms with Crippen molar-refractivity contribution < 1.29 is 5.11 Å². The van der Waals surface area contributed by atoms with Crippen LogP contribution in [0.15, 0.2) is 42.5 Å². The van der Waals surface area contributed by atoms with Gasteiger partial charge in [-0.25, -0.2) is 0 Å². The minimum atomic E-state index is -0.602. The van der Waals surface area contributed by atoms with Gasteiger partial charge in [-0.15, -0.1) is 0 Å². The molecule has 3 heteroatoms. The molecule has 0 saturated carbocycles. The second-order valence-electron chi connectivity index (χ2n) is 6.46. The van der Waals surface area contributed by atoms with E-state index >= 15 is 0 Å². The summed E-state index contributed by atoms with van der Waals surface area (Å²) in [5, 5.41) is 13.6. The van der Waals surface area contributed by atoms with Gasteiger partial charge in [0, 0.05) is 17.6 Å². The van der Waals surface area contributed by atoms with Crippen LogP contribution >= 0.6 is 0 Å². The van der Waals surface area contributed by atoms with Gasteiger partial charge < -0.3 is 10.4 Å². The molecule has 0 aliphatic carbocycles. The van der Waals surface area contributed by atoms with E-state index in [0.717, 1.165) is 11.3 Å². The normalized spacial score (nSPS) is 13.2. The smallest absolute Gasteiger partial charge is 0.108 e. The van der Waals surface area contributed by atoms with E-state index in [2.05, 4.69) is 62.3 Å². The van der Waals surface area contributed by atoms with E-state index in [1.54, 1.807) is 0 Å². The van der Waals surface area contributed by atoms with Crippen LogP contribution in [0.1, 0.15) is 38.1 Å². The number of aryl methyl sites for hydroxylation is 1. The van der Waals surface area contributed by atoms with E-state index in [-0.39, 0.29) is 5.54 Å². The largest absolute Gasteiger partial charge is 0.385 e. The van der Waals surface area contributed by atoms with Crippen molar-refractivity contribution in [2.24, 2.45) is 0 Å². The van der Waals surface area contributed by atoms with Crippen LogP contribution in [0.2, 0.25) is 0 Å². The van der Waals surface area contributed by atoms with Gasteiger partial charge in [-0.3, -0.25) is 4.98 Å². The van der Waals surface area contributed by atoms with Crippen LogP contribution < -0.4 is 5.32 Å². The summed E-state index contributed by atoms with van der Waals surface area (Å²) in [6.07, 6.45) is -0.602. The third kappa shape index (κ3) is 4.66. The Kier molecular flexibility index (Phi) is 4.76. The minimum Gasteiger partial charge on any atom is -0.385 e. The number of aliphatic hydroxyl groups is 1. The topological polar surface area (TPSA) is 45.1 Å². The lowest BCUT2D eigenvalue weighted by Crippen LogP contribution is -2.38. The molecule has 112 valence electrons. The lowest BCUT2D eigenvalue weighted by Gasteiger charge is -2.22. The maximum atomic E-state index is 10.3. The zero-order valence-electron chi connectivity index (χ0n) is 13.2. The van der Waals surface area contributed by atoms with Gasteiger partial charge in [-0.1, -0.05) is 35.9 Å². The summed E-state index contributed by atoms with van der Waals surface area (Å²) in [6.45, 7) is 8.80. The highest BCUT2D eigenvalue weighted by Crippen LogP contribution is 2.20. The van der Waals surface area contributed by atoms with Gasteiger partial charge in [0.15, 0.2) is 0 Å². The first-order valence-corrected chi connectivity index (χ1v) is 7.32. The average molecular weight is 284 g/mol. The van der Waals surface area contributed by atoms with Gasteiger partial charge in [0.2, 0.25) is 0 Å². The number of nitrogens with one attached hydrogen (secondary N) is 1. The molecule has 1 unspecified atom stereocenters. The van der Waals surface area contributed by atoms with Crippen molar-refractivity contribution in [1.82, 2.24) is 10.3 Å². The molecule has 0 saturated heterocycles. The van der Waals surface area contributed by atoms with Crippen molar-refractivity contribution in [3.8, 4) is 11.3 Å². The standard InChI is InChI=1S/C18H24N2O/c1-13-8-10-14(11-9-13)15-6-5-7-16(20-15)17(21)12-19-18(2,3)4/h5-11,17,19,21H,12H2,1-4H3. The molecule has 0 spiro atoms. The van der Waals surface area contributed by atoms with Crippen LogP contribution in [0.3, 0.4) is 0 Å². The molecule has 1 atom stereocenters. The number of rotatable bonds is 4. The fraction of sp³-hybridized carbons (Fsp3) is 0.389. The molecule has 1 aromatic heterocycles. The Labute approximate surface area is 127 Å². The van der Waals surface area contributed by atoms with Gasteiger partial charge in [-0.05, 0) is 39.8 Å². The van der Waals surface area contributed by atoms with Crippen LogP contribution in [-0.2, 0) is 0 Å². The van der Waals surface area contributed by atoms with Crippen LogP contribution in [0.5, 0.6) is 0 Å². The predicted molar refractivity (Wildman–Crippen MR) is 87.1 cm³/mol. The Balaban J connectivity index is 2.15. The summed E-state index contributed by atoms with van der Waals surface area (Å²) in [7, 11) is 0. The number of benzene rings is 1. The zero-order valence-corrected chi connectivity index (χ0v) is 13.2. The molecule has 2 rings (SSSR count). The van der Waals surface area contributed by atoms with Crippen LogP contribution in [0, 0.1) is 6.92 Å². The molecule has 0 bridgehead atoms. The molecule has 2 N–H and O–H groups in total. The van der Waals surface area contributed by atoms with E-state index in [1.165, 1.54) is 5.56 Å². The zero-order chi connectivity index (χ0) is 15.5. The number of aliphatic hydroxyl groups excluding tert-OH is 1. The van der Waals surface area contributed by atoms with Crippen LogP contribution in [0.4, 0.5) is 0 Å². The summed E-state index contributed by atoms with van der Waals surface area (Å²) in [5.41, 5.74) is 3.87. The molecule has 21 heavy (non-hydrogen) atoms. The second kappa shape index (κ2) is 6.37. The average Bonchev–Trinajstić information content (AvgIpc) is 2.45. The Morgan fingerprint density at radius 2 is 1.76 bits per heavy atom. The Bertz CT molecular complexity index is 585. The highest BCUT2D eigenvalue weighted by Gasteiger charge is 2.15. The summed E-state index contributed by atoms with van der Waals surface area (Å²) >= 11 is 0. The lowest BCUT2D eigenvalue weighted by atomic mass is 10.1. The van der Waals surface area contributed by atoms with Gasteiger partial charge in [-0.2, -0.15) is 0 Å². The van der Waals surface area contributed by atoms with E-state index < -0.39 is 6.10 Å². The highest BCUT2D eigenvalue weighted by molar-refractivity contribution is 5.59. The molecule has 0 amide bonds. The van der Waals surface area contributed by atoms with Crippen molar-refractivity contribution >= 4 is 0 Å². The number of pyridine rings is 1. The SMILES string of the molecule is Cc1ccc(-c2cccc(C(O)CNC(C)(C)C)n2)cc1. The van der Waals surface area contributed by atoms with Gasteiger partial charge in [0.05, 0.1) is 11.4 Å². The van der Waals surface area contributed by atoms with E-state index in [4.69, 9.17) is 0 Å². The molecule has 0 fully saturated rings. The van der Waals surface area contributed by atoms with Crippen LogP contribution in [-0.4, -0.2) is 22.2 Å². The monoisotopic (exact) mass is 284 g/mol. The van der Waals surface area contributed by atoms with Crippen molar-refractivity contribution in [2.45, 2.75) is 39.3 Å². The predicted octanol–water partition coefficient (Wildman–Crippen LogP) is 3.48. The first kappa shape index (κ1) is 15.7. The summed E-state index contributed by atoms with van der Waals surface area (Å²) in [5.74, 6) is 0. The maximum Gasteiger partial charge on any atom is 0.108 e. The van der Waals surface area contributed by atoms with Gasteiger partial charge in [0.25, 0.3) is 0 Å². The van der Waals surface area contributed by atoms with E-state index in [0.29, 0.717) is 12.2 Å². The molecular formula is C18H24N2O. The Morgan fingerprint density at radius 1 is 1.10 bits per heavy atom. The minimum absolute atomic E-state index is 0.0183. The number of β-amino-alcohol motifs (C(OH)–C–C–N with tert-alkyl or cyclic N) is 1. The van der Waals surface area contributed by atoms with Crippen molar-refractivity contribution in [1.29, 1.82) is 0 Å². The van der Waals surface area contributed by atoms with Gasteiger partial charge in [0.1, 0.15) is 6.10 Å². The molecule has 0 radical (unpaired) electrons. The fourth-order valence-electron chi connectivity index (χ4n) is 2.03. The number of nitrogens with zero attached hydrogens (tertiary/aromatic N) is 1. The second-order valence-corrected chi connectivity index (χ2v) is 6.46. The van der Waals surface area contributed by atoms with Crippen molar-refractivity contribution in [2.75, 3.05) is 6.54 Å². The van der Waals surface area contributed by atoms with Crippen molar-refractivity contribution in [3.63, 3.8) is 0 Å². The first-order valence-electron chi connectivity index (χ1n) is 7.32. The quantitative estimate of drug-likeness (QED) is 0.903. The number of aromatic nitrogens is 1. The molecular weight excluding hydrogens is 260 g/mol. The van der Waals surface area contributed by atoms with Crippen molar-refractivity contribution in [3.05, 3.63) is 53.7 Å². The lowest BCUT2D eigenvalue weighted by molar-refractivity contribution is 0.159. The number of hydrogen-bond acceptors (Lipinski definition) is 3. The first-order chi connectivity index (χ1) is 9.85. The fourth-order valence-corrected chi connectivity index (χ4v) is 2.03. The molecule has 0 aliphatic rings. The summed E-state index contributed by atoms with van der Waals surface area (Å²) < 4.78 is 0. The Morgan fingerprint density at radius 3 is 2.38 bits per heavy atom. The molecule has 1 heterocycles. The van der Waals surface area contributed by atoms with Gasteiger partial charge >= 0.3 is 0 Å². The third-order valence-corrected chi connectivity index (χ3v) is 3.29. The third-order valence-electron chi connectivity index (χ3n) is 3.29. The van der Waals surface area contributed by atoms with Crippen LogP contribution in [0.25, 0.3) is 11.3 Å². The molecule has 1 aromatic carbocycles. The highest BCUT2D eigenvalue weighted by atomic mass is 16.3. The van der Waals surface area contributed by atoms with E-state index in [1.807, 2.05) is 18.2 Å². The number of hydrogen-bond donors (Lipinski definition) is 2. The van der Waals surface area contributed by atoms with E-state index in [9.17, 15) is 5.11 Å². The summed E-state index contributed by atoms with van der Waals surface area (Å²) in [6, 6.07) is 14.0. The molecule has 2 aromatic rings. The summed E-state index contributed by atoms with van der Waals surface area (Å²) in [4.78, 5) is 4.58. The Hall–Kier alpha value is -1.71. The molecule has 0 aliphatic heterocycles.